The van der Waals surface area contributed by atoms with Crippen molar-refractivity contribution in [2.45, 2.75) is 37.8 Å². The predicted octanol–water partition coefficient (Wildman–Crippen LogP) is 5.68. The first-order valence-corrected chi connectivity index (χ1v) is 15.5. The highest BCUT2D eigenvalue weighted by Crippen LogP contribution is 2.30. The van der Waals surface area contributed by atoms with Crippen molar-refractivity contribution in [3.8, 4) is 0 Å². The third-order valence-corrected chi connectivity index (χ3v) is 9.15. The summed E-state index contributed by atoms with van der Waals surface area (Å²) in [5.41, 5.74) is 2.61. The van der Waals surface area contributed by atoms with Crippen LogP contribution in [0.3, 0.4) is 0 Å². The van der Waals surface area contributed by atoms with Crippen LogP contribution in [-0.2, 0) is 32.6 Å². The van der Waals surface area contributed by atoms with Gasteiger partial charge in [0.15, 0.2) is 0 Å². The van der Waals surface area contributed by atoms with Crippen molar-refractivity contribution in [2.24, 2.45) is 0 Å². The lowest BCUT2D eigenvalue weighted by atomic mass is 10.0. The minimum Gasteiger partial charge on any atom is -0.357 e. The number of halogens is 2. The van der Waals surface area contributed by atoms with Crippen LogP contribution >= 0.6 is 11.6 Å². The van der Waals surface area contributed by atoms with E-state index in [1.807, 2.05) is 37.3 Å². The molecule has 0 spiro atoms. The number of nitrogens with zero attached hydrogens (tertiary/aromatic N) is 2. The lowest BCUT2D eigenvalue weighted by Crippen LogP contribution is -2.53. The van der Waals surface area contributed by atoms with E-state index < -0.39 is 40.2 Å². The van der Waals surface area contributed by atoms with E-state index in [0.717, 1.165) is 15.4 Å². The van der Waals surface area contributed by atoms with Crippen molar-refractivity contribution in [3.63, 3.8) is 0 Å². The molecule has 0 aliphatic carbocycles. The van der Waals surface area contributed by atoms with Gasteiger partial charge in [-0.2, -0.15) is 0 Å². The summed E-state index contributed by atoms with van der Waals surface area (Å²) in [4.78, 5) is 28.8. The van der Waals surface area contributed by atoms with Crippen molar-refractivity contribution in [1.29, 1.82) is 0 Å². The number of likely N-dealkylation sites (N-methyl/N-ethyl adjacent to an activating group) is 1. The highest BCUT2D eigenvalue weighted by atomic mass is 35.5. The lowest BCUT2D eigenvalue weighted by molar-refractivity contribution is -0.139. The molecule has 0 aromatic heterocycles. The molecule has 1 unspecified atom stereocenters. The van der Waals surface area contributed by atoms with Crippen LogP contribution in [0, 0.1) is 19.7 Å². The van der Waals surface area contributed by atoms with Gasteiger partial charge < -0.3 is 10.2 Å². The standard InChI is InChI=1S/C33H33ClFN3O4S/c1-23-13-17-28(18-14-23)43(41,42)38(30-20-27(34)16-15-24(30)2)22-32(39)37(21-26-11-7-8-12-29(26)35)31(33(40)36-3)19-25-9-5-4-6-10-25/h4-18,20,31H,19,21-22H2,1-3H3,(H,36,40). The van der Waals surface area contributed by atoms with E-state index in [1.165, 1.54) is 48.3 Å². The van der Waals surface area contributed by atoms with Gasteiger partial charge in [0.25, 0.3) is 10.0 Å². The van der Waals surface area contributed by atoms with Gasteiger partial charge in [-0.25, -0.2) is 12.8 Å². The molecule has 10 heteroatoms. The summed E-state index contributed by atoms with van der Waals surface area (Å²) in [5, 5.41) is 2.89. The Labute approximate surface area is 257 Å². The number of benzene rings is 4. The van der Waals surface area contributed by atoms with Gasteiger partial charge in [-0.3, -0.25) is 13.9 Å². The average molecular weight is 622 g/mol. The maximum Gasteiger partial charge on any atom is 0.264 e. The minimum atomic E-state index is -4.28. The molecule has 0 aliphatic rings. The molecule has 0 saturated heterocycles. The van der Waals surface area contributed by atoms with E-state index in [-0.39, 0.29) is 34.1 Å². The number of carbonyl (C=O) groups excluding carboxylic acids is 2. The quantitative estimate of drug-likeness (QED) is 0.234. The third-order valence-electron chi connectivity index (χ3n) is 7.14. The van der Waals surface area contributed by atoms with Crippen molar-refractivity contribution >= 4 is 39.1 Å². The first-order valence-electron chi connectivity index (χ1n) is 13.6. The van der Waals surface area contributed by atoms with E-state index in [4.69, 9.17) is 11.6 Å². The number of nitrogens with one attached hydrogen (secondary N) is 1. The summed E-state index contributed by atoms with van der Waals surface area (Å²) in [7, 11) is -2.82. The van der Waals surface area contributed by atoms with Crippen LogP contribution in [0.2, 0.25) is 5.02 Å². The molecule has 0 saturated carbocycles. The fourth-order valence-electron chi connectivity index (χ4n) is 4.73. The third kappa shape index (κ3) is 7.60. The van der Waals surface area contributed by atoms with Crippen LogP contribution in [0.25, 0.3) is 0 Å². The molecule has 4 rings (SSSR count). The Kier molecular flexibility index (Phi) is 10.2. The van der Waals surface area contributed by atoms with Crippen molar-refractivity contribution < 1.29 is 22.4 Å². The molecule has 0 heterocycles. The molecule has 7 nitrogen and oxygen atoms in total. The molecule has 1 N–H and O–H groups in total. The number of anilines is 1. The minimum absolute atomic E-state index is 0.0157. The van der Waals surface area contributed by atoms with Crippen LogP contribution in [-0.4, -0.2) is 44.8 Å². The zero-order chi connectivity index (χ0) is 31.1. The topological polar surface area (TPSA) is 86.8 Å². The van der Waals surface area contributed by atoms with Gasteiger partial charge in [-0.15, -0.1) is 0 Å². The second-order valence-electron chi connectivity index (χ2n) is 10.2. The molecule has 0 aliphatic heterocycles. The predicted molar refractivity (Wildman–Crippen MR) is 167 cm³/mol. The number of aryl methyl sites for hydroxylation is 2. The SMILES string of the molecule is CNC(=O)C(Cc1ccccc1)N(Cc1ccccc1F)C(=O)CN(c1cc(Cl)ccc1C)S(=O)(=O)c1ccc(C)cc1. The Bertz CT molecular complexity index is 1700. The second-order valence-corrected chi connectivity index (χ2v) is 12.5. The van der Waals surface area contributed by atoms with Gasteiger partial charge in [0.2, 0.25) is 11.8 Å². The normalized spacial score (nSPS) is 11.9. The fraction of sp³-hybridized carbons (Fsp3) is 0.212. The smallest absolute Gasteiger partial charge is 0.264 e. The lowest BCUT2D eigenvalue weighted by Gasteiger charge is -2.34. The summed E-state index contributed by atoms with van der Waals surface area (Å²) in [5.74, 6) is -1.71. The van der Waals surface area contributed by atoms with E-state index in [1.54, 1.807) is 37.3 Å². The van der Waals surface area contributed by atoms with Gasteiger partial charge in [0, 0.05) is 30.6 Å². The summed E-state index contributed by atoms with van der Waals surface area (Å²) in [6, 6.07) is 25.1. The number of hydrogen-bond acceptors (Lipinski definition) is 4. The molecule has 0 radical (unpaired) electrons. The fourth-order valence-corrected chi connectivity index (χ4v) is 6.37. The van der Waals surface area contributed by atoms with Crippen molar-refractivity contribution in [3.05, 3.63) is 130 Å². The molecule has 0 bridgehead atoms. The zero-order valence-electron chi connectivity index (χ0n) is 24.1. The van der Waals surface area contributed by atoms with E-state index in [2.05, 4.69) is 5.32 Å². The Morgan fingerprint density at radius 2 is 1.56 bits per heavy atom. The van der Waals surface area contributed by atoms with Crippen molar-refractivity contribution in [2.75, 3.05) is 17.9 Å². The number of amides is 2. The highest BCUT2D eigenvalue weighted by Gasteiger charge is 2.35. The average Bonchev–Trinajstić information content (AvgIpc) is 3.00. The Hall–Kier alpha value is -4.21. The zero-order valence-corrected chi connectivity index (χ0v) is 25.7. The Morgan fingerprint density at radius 3 is 2.21 bits per heavy atom. The first kappa shape index (κ1) is 31.7. The van der Waals surface area contributed by atoms with Gasteiger partial charge >= 0.3 is 0 Å². The molecular formula is C33H33ClFN3O4S. The number of carbonyl (C=O) groups is 2. The molecule has 224 valence electrons. The van der Waals surface area contributed by atoms with E-state index in [0.29, 0.717) is 5.56 Å². The summed E-state index contributed by atoms with van der Waals surface area (Å²) in [6.45, 7) is 2.64. The van der Waals surface area contributed by atoms with E-state index >= 15 is 0 Å². The van der Waals surface area contributed by atoms with Crippen LogP contribution in [0.4, 0.5) is 10.1 Å². The molecule has 4 aromatic carbocycles. The van der Waals surface area contributed by atoms with E-state index in [9.17, 15) is 22.4 Å². The first-order chi connectivity index (χ1) is 20.5. The number of hydrogen-bond donors (Lipinski definition) is 1. The van der Waals surface area contributed by atoms with Crippen LogP contribution in [0.1, 0.15) is 22.3 Å². The summed E-state index contributed by atoms with van der Waals surface area (Å²) < 4.78 is 44.1. The molecular weight excluding hydrogens is 589 g/mol. The highest BCUT2D eigenvalue weighted by molar-refractivity contribution is 7.92. The number of rotatable bonds is 11. The molecule has 4 aromatic rings. The largest absolute Gasteiger partial charge is 0.357 e. The Morgan fingerprint density at radius 1 is 0.907 bits per heavy atom. The maximum atomic E-state index is 14.9. The van der Waals surface area contributed by atoms with Gasteiger partial charge in [-0.1, -0.05) is 83.9 Å². The summed E-state index contributed by atoms with van der Waals surface area (Å²) in [6.07, 6.45) is 0.127. The van der Waals surface area contributed by atoms with Gasteiger partial charge in [0.1, 0.15) is 18.4 Å². The monoisotopic (exact) mass is 621 g/mol. The molecule has 0 fully saturated rings. The van der Waals surface area contributed by atoms with Crippen LogP contribution in [0.5, 0.6) is 0 Å². The number of sulfonamides is 1. The van der Waals surface area contributed by atoms with Crippen LogP contribution in [0.15, 0.2) is 102 Å². The Balaban J connectivity index is 1.83. The molecule has 43 heavy (non-hydrogen) atoms. The second kappa shape index (κ2) is 13.8. The molecule has 2 amide bonds. The van der Waals surface area contributed by atoms with Crippen molar-refractivity contribution in [1.82, 2.24) is 10.2 Å². The maximum absolute atomic E-state index is 14.9. The summed E-state index contributed by atoms with van der Waals surface area (Å²) >= 11 is 6.29. The van der Waals surface area contributed by atoms with Gasteiger partial charge in [-0.05, 0) is 55.3 Å². The van der Waals surface area contributed by atoms with Crippen LogP contribution < -0.4 is 9.62 Å². The molecule has 1 atom stereocenters. The van der Waals surface area contributed by atoms with Gasteiger partial charge in [0.05, 0.1) is 10.6 Å².